The number of amides is 1. The molecule has 2 aromatic rings. The van der Waals surface area contributed by atoms with Crippen molar-refractivity contribution >= 4 is 11.9 Å². The van der Waals surface area contributed by atoms with E-state index in [1.165, 1.54) is 0 Å². The number of carboxylic acid groups (broad SMARTS) is 1. The smallest absolute Gasteiger partial charge is 0.312 e. The van der Waals surface area contributed by atoms with E-state index in [4.69, 9.17) is 4.74 Å². The van der Waals surface area contributed by atoms with Crippen LogP contribution in [0.2, 0.25) is 0 Å². The van der Waals surface area contributed by atoms with Gasteiger partial charge in [0.25, 0.3) is 0 Å². The first-order valence-corrected chi connectivity index (χ1v) is 8.88. The fraction of sp³-hybridized carbons (Fsp3) is 0.333. The maximum Gasteiger partial charge on any atom is 0.312 e. The molecule has 2 aromatic carbocycles. The van der Waals surface area contributed by atoms with E-state index in [-0.39, 0.29) is 18.9 Å². The summed E-state index contributed by atoms with van der Waals surface area (Å²) < 4.78 is 5.62. The van der Waals surface area contributed by atoms with E-state index in [1.54, 1.807) is 4.90 Å². The molecule has 0 saturated heterocycles. The van der Waals surface area contributed by atoms with Crippen molar-refractivity contribution in [3.8, 4) is 5.75 Å². The van der Waals surface area contributed by atoms with Gasteiger partial charge in [0.2, 0.25) is 5.91 Å². The Morgan fingerprint density at radius 1 is 1.19 bits per heavy atom. The lowest BCUT2D eigenvalue weighted by molar-refractivity contribution is -0.141. The van der Waals surface area contributed by atoms with E-state index < -0.39 is 11.9 Å². The van der Waals surface area contributed by atoms with Crippen molar-refractivity contribution in [2.24, 2.45) is 0 Å². The average Bonchev–Trinajstić information content (AvgIpc) is 2.65. The number of carboxylic acids is 1. The van der Waals surface area contributed by atoms with E-state index in [0.29, 0.717) is 13.2 Å². The molecule has 5 heteroatoms. The maximum atomic E-state index is 12.8. The number of benzene rings is 2. The van der Waals surface area contributed by atoms with E-state index >= 15 is 0 Å². The van der Waals surface area contributed by atoms with E-state index in [0.717, 1.165) is 28.9 Å². The van der Waals surface area contributed by atoms with E-state index in [2.05, 4.69) is 0 Å². The Kier molecular flexibility index (Phi) is 5.56. The minimum Gasteiger partial charge on any atom is -0.494 e. The molecule has 1 heterocycles. The number of nitrogens with zero attached hydrogens (tertiary/aromatic N) is 1. The van der Waals surface area contributed by atoms with Crippen molar-refractivity contribution in [2.75, 3.05) is 13.2 Å². The molecule has 1 N–H and O–H groups in total. The molecule has 0 aliphatic carbocycles. The normalized spacial score (nSPS) is 16.0. The molecule has 136 valence electrons. The average molecular weight is 353 g/mol. The van der Waals surface area contributed by atoms with Crippen LogP contribution >= 0.6 is 0 Å². The minimum absolute atomic E-state index is 0.0709. The second-order valence-corrected chi connectivity index (χ2v) is 6.54. The monoisotopic (exact) mass is 353 g/mol. The zero-order valence-electron chi connectivity index (χ0n) is 14.9. The van der Waals surface area contributed by atoms with Gasteiger partial charge in [0.1, 0.15) is 5.75 Å². The Morgan fingerprint density at radius 3 is 2.77 bits per heavy atom. The SMILES string of the molecule is CCCOc1cccc(CC(=O)N2Cc3ccccc3C(C(=O)O)C2)c1. The fourth-order valence-corrected chi connectivity index (χ4v) is 3.26. The molecule has 1 unspecified atom stereocenters. The first-order valence-electron chi connectivity index (χ1n) is 8.88. The molecule has 1 amide bonds. The number of carbonyl (C=O) groups is 2. The Morgan fingerprint density at radius 2 is 2.00 bits per heavy atom. The van der Waals surface area contributed by atoms with Crippen molar-refractivity contribution in [2.45, 2.75) is 32.2 Å². The van der Waals surface area contributed by atoms with Crippen LogP contribution in [-0.2, 0) is 22.6 Å². The lowest BCUT2D eigenvalue weighted by Crippen LogP contribution is -2.41. The zero-order chi connectivity index (χ0) is 18.5. The van der Waals surface area contributed by atoms with Gasteiger partial charge in [-0.3, -0.25) is 9.59 Å². The quantitative estimate of drug-likeness (QED) is 0.866. The summed E-state index contributed by atoms with van der Waals surface area (Å²) in [5, 5.41) is 9.54. The number of aliphatic carboxylic acids is 1. The predicted octanol–water partition coefficient (Wildman–Crippen LogP) is 3.23. The lowest BCUT2D eigenvalue weighted by atomic mass is 9.89. The van der Waals surface area contributed by atoms with E-state index in [9.17, 15) is 14.7 Å². The number of ether oxygens (including phenoxy) is 1. The Labute approximate surface area is 153 Å². The molecular formula is C21H23NO4. The highest BCUT2D eigenvalue weighted by molar-refractivity contribution is 5.82. The molecule has 0 aromatic heterocycles. The highest BCUT2D eigenvalue weighted by atomic mass is 16.5. The first-order chi connectivity index (χ1) is 12.6. The number of hydrogen-bond acceptors (Lipinski definition) is 3. The molecule has 0 spiro atoms. The summed E-state index contributed by atoms with van der Waals surface area (Å²) in [4.78, 5) is 26.0. The molecule has 26 heavy (non-hydrogen) atoms. The lowest BCUT2D eigenvalue weighted by Gasteiger charge is -2.33. The van der Waals surface area contributed by atoms with Crippen LogP contribution < -0.4 is 4.74 Å². The van der Waals surface area contributed by atoms with Crippen molar-refractivity contribution in [3.05, 3.63) is 65.2 Å². The van der Waals surface area contributed by atoms with Gasteiger partial charge in [0.15, 0.2) is 0 Å². The van der Waals surface area contributed by atoms with Crippen LogP contribution in [0.3, 0.4) is 0 Å². The highest BCUT2D eigenvalue weighted by Gasteiger charge is 2.32. The highest BCUT2D eigenvalue weighted by Crippen LogP contribution is 2.29. The second-order valence-electron chi connectivity index (χ2n) is 6.54. The number of rotatable bonds is 6. The summed E-state index contributed by atoms with van der Waals surface area (Å²) in [5.74, 6) is -0.893. The summed E-state index contributed by atoms with van der Waals surface area (Å²) >= 11 is 0. The molecule has 3 rings (SSSR count). The first kappa shape index (κ1) is 18.0. The van der Waals surface area contributed by atoms with Gasteiger partial charge < -0.3 is 14.7 Å². The van der Waals surface area contributed by atoms with Gasteiger partial charge in [0.05, 0.1) is 18.9 Å². The number of carbonyl (C=O) groups excluding carboxylic acids is 1. The van der Waals surface area contributed by atoms with Crippen LogP contribution in [0.5, 0.6) is 5.75 Å². The molecule has 0 bridgehead atoms. The zero-order valence-corrected chi connectivity index (χ0v) is 14.9. The second kappa shape index (κ2) is 8.04. The van der Waals surface area contributed by atoms with Crippen LogP contribution in [0.4, 0.5) is 0 Å². The molecule has 1 atom stereocenters. The maximum absolute atomic E-state index is 12.8. The summed E-state index contributed by atoms with van der Waals surface area (Å²) in [6, 6.07) is 15.0. The number of fused-ring (bicyclic) bond motifs is 1. The Bertz CT molecular complexity index is 802. The number of hydrogen-bond donors (Lipinski definition) is 1. The third-order valence-corrected chi connectivity index (χ3v) is 4.57. The van der Waals surface area contributed by atoms with Gasteiger partial charge in [-0.05, 0) is 35.2 Å². The van der Waals surface area contributed by atoms with E-state index in [1.807, 2.05) is 55.5 Å². The van der Waals surface area contributed by atoms with Gasteiger partial charge >= 0.3 is 5.97 Å². The molecule has 1 aliphatic rings. The Balaban J connectivity index is 1.73. The molecule has 1 aliphatic heterocycles. The molecule has 0 saturated carbocycles. The standard InChI is InChI=1S/C21H23NO4/c1-2-10-26-17-8-5-6-15(11-17)12-20(23)22-13-16-7-3-4-9-18(16)19(14-22)21(24)25/h3-9,11,19H,2,10,12-14H2,1H3,(H,24,25). The van der Waals surface area contributed by atoms with Crippen LogP contribution in [0.15, 0.2) is 48.5 Å². The summed E-state index contributed by atoms with van der Waals surface area (Å²) in [5.41, 5.74) is 2.58. The van der Waals surface area contributed by atoms with Crippen LogP contribution in [-0.4, -0.2) is 35.0 Å². The largest absolute Gasteiger partial charge is 0.494 e. The van der Waals surface area contributed by atoms with Crippen molar-refractivity contribution in [1.82, 2.24) is 4.90 Å². The predicted molar refractivity (Wildman–Crippen MR) is 98.2 cm³/mol. The van der Waals surface area contributed by atoms with Crippen molar-refractivity contribution in [1.29, 1.82) is 0 Å². The van der Waals surface area contributed by atoms with Gasteiger partial charge in [-0.2, -0.15) is 0 Å². The van der Waals surface area contributed by atoms with Gasteiger partial charge in [-0.25, -0.2) is 0 Å². The fourth-order valence-electron chi connectivity index (χ4n) is 3.26. The summed E-state index contributed by atoms with van der Waals surface area (Å²) in [7, 11) is 0. The minimum atomic E-state index is -0.898. The molecule has 0 radical (unpaired) electrons. The van der Waals surface area contributed by atoms with Gasteiger partial charge in [-0.15, -0.1) is 0 Å². The summed E-state index contributed by atoms with van der Waals surface area (Å²) in [6.07, 6.45) is 1.16. The van der Waals surface area contributed by atoms with Crippen molar-refractivity contribution < 1.29 is 19.4 Å². The third-order valence-electron chi connectivity index (χ3n) is 4.57. The van der Waals surface area contributed by atoms with Gasteiger partial charge in [0, 0.05) is 13.1 Å². The summed E-state index contributed by atoms with van der Waals surface area (Å²) in [6.45, 7) is 3.34. The van der Waals surface area contributed by atoms with Crippen molar-refractivity contribution in [3.63, 3.8) is 0 Å². The molecule has 0 fully saturated rings. The Hall–Kier alpha value is -2.82. The molecule has 5 nitrogen and oxygen atoms in total. The molecular weight excluding hydrogens is 330 g/mol. The van der Waals surface area contributed by atoms with Crippen LogP contribution in [0, 0.1) is 0 Å². The van der Waals surface area contributed by atoms with Crippen LogP contribution in [0.1, 0.15) is 36.0 Å². The van der Waals surface area contributed by atoms with Crippen LogP contribution in [0.25, 0.3) is 0 Å². The topological polar surface area (TPSA) is 66.8 Å². The van der Waals surface area contributed by atoms with Gasteiger partial charge in [-0.1, -0.05) is 43.3 Å². The third kappa shape index (κ3) is 4.04.